The molecule has 4 rings (SSSR count). The first-order valence-electron chi connectivity index (χ1n) is 12.6. The van der Waals surface area contributed by atoms with Crippen molar-refractivity contribution in [2.24, 2.45) is 5.92 Å². The van der Waals surface area contributed by atoms with Gasteiger partial charge in [-0.15, -0.1) is 0 Å². The number of pyridine rings is 1. The molecule has 5 nitrogen and oxygen atoms in total. The van der Waals surface area contributed by atoms with E-state index >= 15 is 0 Å². The molecule has 0 spiro atoms. The number of aliphatic hydroxyl groups excluding tert-OH is 1. The Labute approximate surface area is 198 Å². The van der Waals surface area contributed by atoms with E-state index in [1.165, 1.54) is 31.4 Å². The number of aromatic nitrogens is 1. The Hall–Kier alpha value is -2.79. The lowest BCUT2D eigenvalue weighted by atomic mass is 9.83. The van der Waals surface area contributed by atoms with Crippen molar-refractivity contribution in [3.05, 3.63) is 59.4 Å². The van der Waals surface area contributed by atoms with Gasteiger partial charge in [0.15, 0.2) is 0 Å². The Balaban J connectivity index is 1.56. The first-order chi connectivity index (χ1) is 16.2. The molecule has 1 fully saturated rings. The highest BCUT2D eigenvalue weighted by atomic mass is 16.3. The summed E-state index contributed by atoms with van der Waals surface area (Å²) in [6, 6.07) is 10.8. The molecule has 2 aromatic rings. The van der Waals surface area contributed by atoms with Crippen molar-refractivity contribution in [1.82, 2.24) is 10.3 Å². The van der Waals surface area contributed by atoms with Crippen LogP contribution in [0.2, 0.25) is 0 Å². The molecular weight excluding hydrogens is 408 g/mol. The third-order valence-electron chi connectivity index (χ3n) is 6.67. The molecular formula is C28H38N4O. The number of aliphatic hydroxyl groups is 1. The van der Waals surface area contributed by atoms with Crippen molar-refractivity contribution < 1.29 is 5.11 Å². The maximum absolute atomic E-state index is 9.46. The zero-order valence-corrected chi connectivity index (χ0v) is 20.1. The molecule has 0 saturated heterocycles. The normalized spacial score (nSPS) is 16.3. The lowest BCUT2D eigenvalue weighted by Crippen LogP contribution is -2.28. The standard InChI is InChI=1S/C28H38N4O/c1-3-6-26-27-22(13-16-29-26)20-24(15-19-33)31-28(27)30-23-9-11-25(12-10-23)32(17-4-2)18-14-21-7-5-8-21/h6,9-13,16,20-21,29,33H,3-5,7-8,14-15,17-19H2,1-2H3,(H,30,31)/b26-6-. The Kier molecular flexibility index (Phi) is 8.05. The molecule has 1 aromatic carbocycles. The third-order valence-corrected chi connectivity index (χ3v) is 6.67. The van der Waals surface area contributed by atoms with Crippen LogP contribution in [0.15, 0.2) is 42.6 Å². The van der Waals surface area contributed by atoms with Gasteiger partial charge < -0.3 is 20.6 Å². The van der Waals surface area contributed by atoms with Gasteiger partial charge in [-0.05, 0) is 67.2 Å². The minimum Gasteiger partial charge on any atom is -0.396 e. The van der Waals surface area contributed by atoms with Crippen LogP contribution < -0.4 is 15.5 Å². The van der Waals surface area contributed by atoms with Crippen LogP contribution in [-0.2, 0) is 6.42 Å². The average molecular weight is 447 g/mol. The summed E-state index contributed by atoms with van der Waals surface area (Å²) in [4.78, 5) is 7.39. The van der Waals surface area contributed by atoms with Gasteiger partial charge in [-0.3, -0.25) is 0 Å². The highest BCUT2D eigenvalue weighted by Crippen LogP contribution is 2.33. The molecule has 0 radical (unpaired) electrons. The van der Waals surface area contributed by atoms with Crippen LogP contribution in [-0.4, -0.2) is 29.8 Å². The number of hydrogen-bond donors (Lipinski definition) is 3. The van der Waals surface area contributed by atoms with Crippen LogP contribution in [0, 0.1) is 5.92 Å². The van der Waals surface area contributed by atoms with Crippen molar-refractivity contribution in [2.75, 3.05) is 29.9 Å². The zero-order valence-electron chi connectivity index (χ0n) is 20.1. The van der Waals surface area contributed by atoms with E-state index in [0.29, 0.717) is 6.42 Å². The van der Waals surface area contributed by atoms with Gasteiger partial charge in [-0.25, -0.2) is 4.98 Å². The second-order valence-corrected chi connectivity index (χ2v) is 9.15. The molecule has 0 unspecified atom stereocenters. The second kappa shape index (κ2) is 11.4. The molecule has 33 heavy (non-hydrogen) atoms. The summed E-state index contributed by atoms with van der Waals surface area (Å²) < 4.78 is 0. The number of benzene rings is 1. The minimum absolute atomic E-state index is 0.0909. The summed E-state index contributed by atoms with van der Waals surface area (Å²) in [6.07, 6.45) is 14.4. The number of fused-ring (bicyclic) bond motifs is 1. The Morgan fingerprint density at radius 3 is 2.67 bits per heavy atom. The van der Waals surface area contributed by atoms with Crippen LogP contribution in [0.5, 0.6) is 0 Å². The Morgan fingerprint density at radius 1 is 1.18 bits per heavy atom. The summed E-state index contributed by atoms with van der Waals surface area (Å²) in [6.45, 7) is 6.73. The first kappa shape index (κ1) is 23.4. The summed E-state index contributed by atoms with van der Waals surface area (Å²) in [7, 11) is 0. The second-order valence-electron chi connectivity index (χ2n) is 9.15. The average Bonchev–Trinajstić information content (AvgIpc) is 2.78. The lowest BCUT2D eigenvalue weighted by Gasteiger charge is -2.30. The van der Waals surface area contributed by atoms with Gasteiger partial charge in [0.25, 0.3) is 0 Å². The molecule has 1 aromatic heterocycles. The van der Waals surface area contributed by atoms with Gasteiger partial charge in [0.05, 0.1) is 0 Å². The SMILES string of the molecule is CC/C=C1\NC=Cc2cc(CCO)nc(Nc3ccc(N(CCC)CCC4CCC4)cc3)c21. The Bertz CT molecular complexity index is 976. The van der Waals surface area contributed by atoms with E-state index in [4.69, 9.17) is 4.98 Å². The quantitative estimate of drug-likeness (QED) is 0.390. The van der Waals surface area contributed by atoms with Gasteiger partial charge in [0.2, 0.25) is 0 Å². The van der Waals surface area contributed by atoms with Crippen LogP contribution in [0.1, 0.15) is 69.2 Å². The first-order valence-corrected chi connectivity index (χ1v) is 12.6. The molecule has 1 aliphatic carbocycles. The number of rotatable bonds is 11. The molecule has 2 heterocycles. The van der Waals surface area contributed by atoms with Crippen molar-refractivity contribution in [3.63, 3.8) is 0 Å². The fourth-order valence-corrected chi connectivity index (χ4v) is 4.68. The zero-order chi connectivity index (χ0) is 23.0. The lowest BCUT2D eigenvalue weighted by molar-refractivity contribution is 0.298. The summed E-state index contributed by atoms with van der Waals surface area (Å²) in [5.41, 5.74) is 6.48. The van der Waals surface area contributed by atoms with E-state index in [-0.39, 0.29) is 6.61 Å². The minimum atomic E-state index is 0.0909. The smallest absolute Gasteiger partial charge is 0.140 e. The molecule has 176 valence electrons. The summed E-state index contributed by atoms with van der Waals surface area (Å²) in [5, 5.41) is 16.4. The van der Waals surface area contributed by atoms with Crippen molar-refractivity contribution in [1.29, 1.82) is 0 Å². The van der Waals surface area contributed by atoms with E-state index in [9.17, 15) is 5.11 Å². The van der Waals surface area contributed by atoms with Gasteiger partial charge in [0, 0.05) is 60.6 Å². The Morgan fingerprint density at radius 2 is 2.00 bits per heavy atom. The molecule has 5 heteroatoms. The fraction of sp³-hybridized carbons (Fsp3) is 0.464. The van der Waals surface area contributed by atoms with Crippen molar-refractivity contribution >= 4 is 29.0 Å². The van der Waals surface area contributed by atoms with E-state index in [2.05, 4.69) is 71.9 Å². The number of nitrogens with zero attached hydrogens (tertiary/aromatic N) is 2. The van der Waals surface area contributed by atoms with Gasteiger partial charge in [0.1, 0.15) is 5.82 Å². The summed E-state index contributed by atoms with van der Waals surface area (Å²) >= 11 is 0. The van der Waals surface area contributed by atoms with Gasteiger partial charge in [-0.2, -0.15) is 0 Å². The maximum atomic E-state index is 9.46. The van der Waals surface area contributed by atoms with Gasteiger partial charge >= 0.3 is 0 Å². The molecule has 0 atom stereocenters. The predicted molar refractivity (Wildman–Crippen MR) is 140 cm³/mol. The fourth-order valence-electron chi connectivity index (χ4n) is 4.68. The van der Waals surface area contributed by atoms with E-state index in [1.54, 1.807) is 0 Å². The van der Waals surface area contributed by atoms with Crippen LogP contribution in [0.4, 0.5) is 17.2 Å². The van der Waals surface area contributed by atoms with Crippen molar-refractivity contribution in [2.45, 2.75) is 58.8 Å². The number of allylic oxidation sites excluding steroid dienone is 1. The molecule has 0 bridgehead atoms. The van der Waals surface area contributed by atoms with E-state index in [0.717, 1.165) is 65.9 Å². The van der Waals surface area contributed by atoms with Crippen LogP contribution in [0.25, 0.3) is 11.8 Å². The maximum Gasteiger partial charge on any atom is 0.140 e. The summed E-state index contributed by atoms with van der Waals surface area (Å²) in [5.74, 6) is 1.76. The molecule has 0 amide bonds. The van der Waals surface area contributed by atoms with Crippen molar-refractivity contribution in [3.8, 4) is 0 Å². The number of nitrogens with one attached hydrogen (secondary N) is 2. The largest absolute Gasteiger partial charge is 0.396 e. The van der Waals surface area contributed by atoms with E-state index < -0.39 is 0 Å². The van der Waals surface area contributed by atoms with Crippen LogP contribution in [0.3, 0.4) is 0 Å². The van der Waals surface area contributed by atoms with Gasteiger partial charge in [-0.1, -0.05) is 39.2 Å². The number of hydrogen-bond acceptors (Lipinski definition) is 5. The third kappa shape index (κ3) is 5.77. The molecule has 1 saturated carbocycles. The molecule has 2 aliphatic rings. The number of anilines is 3. The predicted octanol–water partition coefficient (Wildman–Crippen LogP) is 6.09. The topological polar surface area (TPSA) is 60.4 Å². The highest BCUT2D eigenvalue weighted by Gasteiger charge is 2.19. The van der Waals surface area contributed by atoms with Crippen LogP contribution >= 0.6 is 0 Å². The molecule has 1 aliphatic heterocycles. The monoisotopic (exact) mass is 446 g/mol. The molecule has 3 N–H and O–H groups in total. The highest BCUT2D eigenvalue weighted by molar-refractivity contribution is 5.85. The van der Waals surface area contributed by atoms with E-state index in [1.807, 2.05) is 6.20 Å².